The highest BCUT2D eigenvalue weighted by atomic mass is 16.6. The van der Waals surface area contributed by atoms with Gasteiger partial charge in [0.15, 0.2) is 0 Å². The predicted octanol–water partition coefficient (Wildman–Crippen LogP) is 2.78. The van der Waals surface area contributed by atoms with Crippen molar-refractivity contribution in [3.8, 4) is 5.75 Å². The van der Waals surface area contributed by atoms with Crippen molar-refractivity contribution in [2.24, 2.45) is 0 Å². The number of likely N-dealkylation sites (tertiary alicyclic amines) is 1. The summed E-state index contributed by atoms with van der Waals surface area (Å²) in [6.07, 6.45) is 4.93. The van der Waals surface area contributed by atoms with E-state index < -0.39 is 5.60 Å². The van der Waals surface area contributed by atoms with Gasteiger partial charge in [-0.3, -0.25) is 4.98 Å². The average Bonchev–Trinajstić information content (AvgIpc) is 2.86. The Morgan fingerprint density at radius 2 is 2.29 bits per heavy atom. The number of carbonyl (C=O) groups excluding carboxylic acids is 1. The second-order valence-electron chi connectivity index (χ2n) is 7.11. The largest absolute Gasteiger partial charge is 0.483 e. The van der Waals surface area contributed by atoms with Crippen LogP contribution in [0.3, 0.4) is 0 Å². The molecule has 0 aromatic carbocycles. The molecule has 2 atom stereocenters. The predicted molar refractivity (Wildman–Crippen MR) is 78.3 cm³/mol. The average molecular weight is 290 g/mol. The lowest BCUT2D eigenvalue weighted by molar-refractivity contribution is 0.0191. The van der Waals surface area contributed by atoms with Gasteiger partial charge in [-0.15, -0.1) is 0 Å². The number of pyridine rings is 1. The maximum absolute atomic E-state index is 12.3. The molecule has 0 radical (unpaired) electrons. The van der Waals surface area contributed by atoms with Crippen LogP contribution in [0.1, 0.15) is 39.7 Å². The van der Waals surface area contributed by atoms with Crippen LogP contribution in [-0.2, 0) is 11.2 Å². The summed E-state index contributed by atoms with van der Waals surface area (Å²) >= 11 is 0. The standard InChI is InChI=1S/C16H22N2O3/c1-11-7-16(8-12-5-6-17-9-13(12)20-16)10-18(11)14(19)21-15(2,3)4/h5-6,9,11H,7-8,10H2,1-4H3/t11-,16-/m0/s1. The fourth-order valence-electron chi connectivity index (χ4n) is 3.21. The highest BCUT2D eigenvalue weighted by molar-refractivity contribution is 5.69. The summed E-state index contributed by atoms with van der Waals surface area (Å²) in [5.74, 6) is 0.843. The normalized spacial score (nSPS) is 27.6. The number of amides is 1. The number of rotatable bonds is 0. The molecule has 1 aromatic heterocycles. The molecule has 1 aromatic rings. The van der Waals surface area contributed by atoms with Crippen molar-refractivity contribution in [1.29, 1.82) is 0 Å². The molecule has 3 heterocycles. The van der Waals surface area contributed by atoms with Gasteiger partial charge >= 0.3 is 6.09 Å². The number of nitrogens with zero attached hydrogens (tertiary/aromatic N) is 2. The smallest absolute Gasteiger partial charge is 0.410 e. The van der Waals surface area contributed by atoms with Gasteiger partial charge in [-0.1, -0.05) is 0 Å². The maximum atomic E-state index is 12.3. The number of carbonyl (C=O) groups is 1. The topological polar surface area (TPSA) is 51.7 Å². The SMILES string of the molecule is C[C@H]1C[C@]2(Cc3ccncc3O2)CN1C(=O)OC(C)(C)C. The molecule has 3 rings (SSSR count). The van der Waals surface area contributed by atoms with Gasteiger partial charge in [0.1, 0.15) is 17.0 Å². The van der Waals surface area contributed by atoms with Crippen LogP contribution in [0, 0.1) is 0 Å². The lowest BCUT2D eigenvalue weighted by atomic mass is 9.95. The fourth-order valence-corrected chi connectivity index (χ4v) is 3.21. The summed E-state index contributed by atoms with van der Waals surface area (Å²) in [6.45, 7) is 8.26. The van der Waals surface area contributed by atoms with Gasteiger partial charge in [-0.05, 0) is 33.8 Å². The molecule has 0 saturated carbocycles. The number of fused-ring (bicyclic) bond motifs is 1. The van der Waals surface area contributed by atoms with E-state index in [2.05, 4.69) is 4.98 Å². The van der Waals surface area contributed by atoms with E-state index in [1.54, 1.807) is 17.3 Å². The molecular weight excluding hydrogens is 268 g/mol. The molecule has 1 fully saturated rings. The van der Waals surface area contributed by atoms with E-state index in [4.69, 9.17) is 9.47 Å². The van der Waals surface area contributed by atoms with Crippen LogP contribution in [0.4, 0.5) is 4.79 Å². The third-order valence-corrected chi connectivity index (χ3v) is 4.00. The quantitative estimate of drug-likeness (QED) is 0.737. The third kappa shape index (κ3) is 2.69. The van der Waals surface area contributed by atoms with Crippen molar-refractivity contribution in [3.05, 3.63) is 24.0 Å². The second-order valence-corrected chi connectivity index (χ2v) is 7.11. The third-order valence-electron chi connectivity index (χ3n) is 4.00. The molecule has 21 heavy (non-hydrogen) atoms. The summed E-state index contributed by atoms with van der Waals surface area (Å²) in [5, 5.41) is 0. The molecule has 0 aliphatic carbocycles. The molecular formula is C16H22N2O3. The maximum Gasteiger partial charge on any atom is 0.410 e. The Bertz CT molecular complexity index is 540. The summed E-state index contributed by atoms with van der Waals surface area (Å²) < 4.78 is 11.6. The van der Waals surface area contributed by atoms with E-state index in [1.807, 2.05) is 33.8 Å². The fraction of sp³-hybridized carbons (Fsp3) is 0.625. The second kappa shape index (κ2) is 4.61. The minimum absolute atomic E-state index is 0.113. The Labute approximate surface area is 125 Å². The zero-order chi connectivity index (χ0) is 15.3. The van der Waals surface area contributed by atoms with Crippen molar-refractivity contribution in [1.82, 2.24) is 9.88 Å². The Balaban J connectivity index is 1.74. The van der Waals surface area contributed by atoms with Crippen LogP contribution < -0.4 is 4.74 Å². The molecule has 0 bridgehead atoms. The first-order valence-corrected chi connectivity index (χ1v) is 7.40. The van der Waals surface area contributed by atoms with Crippen LogP contribution in [0.2, 0.25) is 0 Å². The first-order valence-electron chi connectivity index (χ1n) is 7.40. The molecule has 0 N–H and O–H groups in total. The first kappa shape index (κ1) is 14.2. The molecule has 2 aliphatic heterocycles. The van der Waals surface area contributed by atoms with E-state index in [9.17, 15) is 4.79 Å². The molecule has 2 aliphatic rings. The van der Waals surface area contributed by atoms with Crippen molar-refractivity contribution in [2.75, 3.05) is 6.54 Å². The summed E-state index contributed by atoms with van der Waals surface area (Å²) in [5.41, 5.74) is 0.376. The van der Waals surface area contributed by atoms with Gasteiger partial charge in [-0.25, -0.2) is 4.79 Å². The number of aromatic nitrogens is 1. The molecule has 1 amide bonds. The number of hydrogen-bond donors (Lipinski definition) is 0. The summed E-state index contributed by atoms with van der Waals surface area (Å²) in [6, 6.07) is 2.10. The minimum Gasteiger partial charge on any atom is -0.483 e. The van der Waals surface area contributed by atoms with Crippen molar-refractivity contribution >= 4 is 6.09 Å². The van der Waals surface area contributed by atoms with Crippen LogP contribution in [-0.4, -0.2) is 39.8 Å². The van der Waals surface area contributed by atoms with Crippen molar-refractivity contribution in [2.45, 2.75) is 57.8 Å². The lowest BCUT2D eigenvalue weighted by Gasteiger charge is -2.27. The van der Waals surface area contributed by atoms with Crippen molar-refractivity contribution < 1.29 is 14.3 Å². The van der Waals surface area contributed by atoms with Crippen LogP contribution >= 0.6 is 0 Å². The number of hydrogen-bond acceptors (Lipinski definition) is 4. The van der Waals surface area contributed by atoms with Crippen LogP contribution in [0.15, 0.2) is 18.5 Å². The zero-order valence-electron chi connectivity index (χ0n) is 13.0. The van der Waals surface area contributed by atoms with E-state index in [0.717, 1.165) is 18.6 Å². The Hall–Kier alpha value is -1.78. The molecule has 1 saturated heterocycles. The highest BCUT2D eigenvalue weighted by Crippen LogP contribution is 2.42. The zero-order valence-corrected chi connectivity index (χ0v) is 13.0. The summed E-state index contributed by atoms with van der Waals surface area (Å²) in [4.78, 5) is 18.2. The Morgan fingerprint density at radius 3 is 2.95 bits per heavy atom. The Morgan fingerprint density at radius 1 is 1.52 bits per heavy atom. The highest BCUT2D eigenvalue weighted by Gasteiger charge is 2.50. The minimum atomic E-state index is -0.476. The molecule has 0 unspecified atom stereocenters. The Kier molecular flexibility index (Phi) is 3.11. The van der Waals surface area contributed by atoms with E-state index in [0.29, 0.717) is 6.54 Å². The summed E-state index contributed by atoms with van der Waals surface area (Å²) in [7, 11) is 0. The molecule has 5 heteroatoms. The molecule has 1 spiro atoms. The van der Waals surface area contributed by atoms with Gasteiger partial charge in [0, 0.05) is 30.6 Å². The van der Waals surface area contributed by atoms with Gasteiger partial charge in [0.05, 0.1) is 12.7 Å². The van der Waals surface area contributed by atoms with Gasteiger partial charge < -0.3 is 14.4 Å². The van der Waals surface area contributed by atoms with Crippen LogP contribution in [0.25, 0.3) is 0 Å². The van der Waals surface area contributed by atoms with E-state index >= 15 is 0 Å². The van der Waals surface area contributed by atoms with Gasteiger partial charge in [-0.2, -0.15) is 0 Å². The van der Waals surface area contributed by atoms with Crippen molar-refractivity contribution in [3.63, 3.8) is 0 Å². The monoisotopic (exact) mass is 290 g/mol. The van der Waals surface area contributed by atoms with E-state index in [-0.39, 0.29) is 17.7 Å². The lowest BCUT2D eigenvalue weighted by Crippen LogP contribution is -2.42. The molecule has 114 valence electrons. The number of ether oxygens (including phenoxy) is 2. The van der Waals surface area contributed by atoms with Gasteiger partial charge in [0.2, 0.25) is 0 Å². The molecule has 5 nitrogen and oxygen atoms in total. The van der Waals surface area contributed by atoms with Gasteiger partial charge in [0.25, 0.3) is 0 Å². The van der Waals surface area contributed by atoms with E-state index in [1.165, 1.54) is 5.56 Å². The first-order chi connectivity index (χ1) is 9.78. The van der Waals surface area contributed by atoms with Crippen LogP contribution in [0.5, 0.6) is 5.75 Å².